The van der Waals surface area contributed by atoms with Crippen molar-refractivity contribution in [1.82, 2.24) is 0 Å². The molecule has 1 aliphatic carbocycles. The lowest BCUT2D eigenvalue weighted by Gasteiger charge is -2.42. The summed E-state index contributed by atoms with van der Waals surface area (Å²) in [7, 11) is 0. The molecule has 0 radical (unpaired) electrons. The molecule has 0 spiro atoms. The highest BCUT2D eigenvalue weighted by atomic mass is 16.5. The highest BCUT2D eigenvalue weighted by Gasteiger charge is 2.46. The summed E-state index contributed by atoms with van der Waals surface area (Å²) in [5.41, 5.74) is 11.8. The normalized spacial score (nSPS) is 13.5. The summed E-state index contributed by atoms with van der Waals surface area (Å²) in [4.78, 5) is 19.4. The molecule has 1 aromatic heterocycles. The number of fused-ring (bicyclic) bond motifs is 7. The SMILES string of the molecule is O=C1c2ccccc2C(c2ccccc2)(c2ccccc2)c2ccc(N3c4ccc(N(c5ccccc5)c5ccccc5)cc4Oc4cc5c(cc43)oc3ccccc35)cc21. The smallest absolute Gasteiger partial charge is 0.193 e. The van der Waals surface area contributed by atoms with Gasteiger partial charge in [-0.3, -0.25) is 4.79 Å². The van der Waals surface area contributed by atoms with E-state index in [9.17, 15) is 4.79 Å². The second-order valence-corrected chi connectivity index (χ2v) is 15.6. The number of carbonyl (C=O) groups is 1. The minimum atomic E-state index is -0.741. The van der Waals surface area contributed by atoms with Crippen molar-refractivity contribution in [2.24, 2.45) is 0 Å². The number of nitrogens with zero attached hydrogens (tertiary/aromatic N) is 2. The van der Waals surface area contributed by atoms with E-state index in [1.54, 1.807) is 0 Å². The number of para-hydroxylation sites is 3. The minimum Gasteiger partial charge on any atom is -0.456 e. The van der Waals surface area contributed by atoms with Crippen LogP contribution in [0.1, 0.15) is 38.2 Å². The van der Waals surface area contributed by atoms with Crippen molar-refractivity contribution in [2.45, 2.75) is 5.41 Å². The average Bonchev–Trinajstić information content (AvgIpc) is 3.69. The molecule has 2 aliphatic rings. The fourth-order valence-corrected chi connectivity index (χ4v) is 9.68. The summed E-state index contributed by atoms with van der Waals surface area (Å²) < 4.78 is 13.4. The van der Waals surface area contributed by atoms with Crippen LogP contribution in [0.3, 0.4) is 0 Å². The van der Waals surface area contributed by atoms with Gasteiger partial charge in [0.15, 0.2) is 17.3 Å². The fourth-order valence-electron chi connectivity index (χ4n) is 9.68. The number of rotatable bonds is 6. The van der Waals surface area contributed by atoms with E-state index in [2.05, 4.69) is 168 Å². The number of hydrogen-bond acceptors (Lipinski definition) is 5. The van der Waals surface area contributed by atoms with E-state index in [0.29, 0.717) is 22.6 Å². The van der Waals surface area contributed by atoms with Crippen LogP contribution in [0.5, 0.6) is 11.5 Å². The quantitative estimate of drug-likeness (QED) is 0.168. The number of benzene rings is 9. The van der Waals surface area contributed by atoms with Gasteiger partial charge in [0.1, 0.15) is 11.2 Å². The maximum absolute atomic E-state index is 15.0. The Labute approximate surface area is 353 Å². The molecular formula is C56H36N2O3. The Morgan fingerprint density at radius 3 is 1.72 bits per heavy atom. The van der Waals surface area contributed by atoms with Gasteiger partial charge in [-0.15, -0.1) is 0 Å². The van der Waals surface area contributed by atoms with Crippen molar-refractivity contribution >= 4 is 61.8 Å². The van der Waals surface area contributed by atoms with Crippen molar-refractivity contribution in [1.29, 1.82) is 0 Å². The molecule has 1 aliphatic heterocycles. The molecule has 0 amide bonds. The second kappa shape index (κ2) is 13.7. The Morgan fingerprint density at radius 2 is 1.02 bits per heavy atom. The molecule has 0 atom stereocenters. The molecular weight excluding hydrogens is 749 g/mol. The third-order valence-electron chi connectivity index (χ3n) is 12.3. The van der Waals surface area contributed by atoms with Gasteiger partial charge in [0.25, 0.3) is 0 Å². The molecule has 10 aromatic rings. The van der Waals surface area contributed by atoms with Gasteiger partial charge < -0.3 is 19.0 Å². The number of furan rings is 1. The van der Waals surface area contributed by atoms with Gasteiger partial charge >= 0.3 is 0 Å². The highest BCUT2D eigenvalue weighted by molar-refractivity contribution is 6.15. The third kappa shape index (κ3) is 5.30. The Bertz CT molecular complexity index is 3230. The van der Waals surface area contributed by atoms with E-state index in [1.807, 2.05) is 60.7 Å². The van der Waals surface area contributed by atoms with Gasteiger partial charge in [-0.25, -0.2) is 0 Å². The van der Waals surface area contributed by atoms with E-state index in [4.69, 9.17) is 9.15 Å². The van der Waals surface area contributed by atoms with Crippen LogP contribution in [-0.4, -0.2) is 5.78 Å². The molecule has 0 fully saturated rings. The zero-order chi connectivity index (χ0) is 40.5. The van der Waals surface area contributed by atoms with Crippen LogP contribution in [0.2, 0.25) is 0 Å². The molecule has 12 rings (SSSR count). The Balaban J connectivity index is 1.10. The van der Waals surface area contributed by atoms with E-state index in [-0.39, 0.29) is 5.78 Å². The topological polar surface area (TPSA) is 45.9 Å². The molecule has 61 heavy (non-hydrogen) atoms. The van der Waals surface area contributed by atoms with Crippen LogP contribution in [0.25, 0.3) is 21.9 Å². The number of carbonyl (C=O) groups excluding carboxylic acids is 1. The Hall–Kier alpha value is -8.15. The van der Waals surface area contributed by atoms with E-state index in [0.717, 1.165) is 78.3 Å². The first kappa shape index (κ1) is 34.9. The molecule has 0 N–H and O–H groups in total. The molecule has 9 aromatic carbocycles. The summed E-state index contributed by atoms with van der Waals surface area (Å²) in [5.74, 6) is 1.37. The molecule has 5 heteroatoms. The van der Waals surface area contributed by atoms with Crippen LogP contribution in [0.4, 0.5) is 34.1 Å². The highest BCUT2D eigenvalue weighted by Crippen LogP contribution is 2.56. The van der Waals surface area contributed by atoms with Crippen molar-refractivity contribution in [3.05, 3.63) is 252 Å². The van der Waals surface area contributed by atoms with Crippen molar-refractivity contribution in [3.63, 3.8) is 0 Å². The first-order valence-corrected chi connectivity index (χ1v) is 20.5. The second-order valence-electron chi connectivity index (χ2n) is 15.6. The predicted octanol–water partition coefficient (Wildman–Crippen LogP) is 14.6. The molecule has 0 saturated carbocycles. The van der Waals surface area contributed by atoms with Gasteiger partial charge in [-0.2, -0.15) is 0 Å². The first-order chi connectivity index (χ1) is 30.2. The lowest BCUT2D eigenvalue weighted by molar-refractivity contribution is 0.103. The Kier molecular flexibility index (Phi) is 7.84. The largest absolute Gasteiger partial charge is 0.456 e. The van der Waals surface area contributed by atoms with Crippen LogP contribution in [0.15, 0.2) is 223 Å². The first-order valence-electron chi connectivity index (χ1n) is 20.5. The lowest BCUT2D eigenvalue weighted by atomic mass is 9.59. The monoisotopic (exact) mass is 784 g/mol. The molecule has 0 bridgehead atoms. The number of hydrogen-bond donors (Lipinski definition) is 0. The van der Waals surface area contributed by atoms with Gasteiger partial charge in [0.2, 0.25) is 0 Å². The van der Waals surface area contributed by atoms with Gasteiger partial charge in [0, 0.05) is 56.8 Å². The molecule has 288 valence electrons. The van der Waals surface area contributed by atoms with E-state index >= 15 is 0 Å². The van der Waals surface area contributed by atoms with Crippen molar-refractivity contribution in [3.8, 4) is 11.5 Å². The summed E-state index contributed by atoms with van der Waals surface area (Å²) >= 11 is 0. The average molecular weight is 785 g/mol. The fraction of sp³-hybridized carbons (Fsp3) is 0.0179. The van der Waals surface area contributed by atoms with Gasteiger partial charge in [0.05, 0.1) is 16.8 Å². The summed E-state index contributed by atoms with van der Waals surface area (Å²) in [6, 6.07) is 74.9. The maximum Gasteiger partial charge on any atom is 0.193 e. The van der Waals surface area contributed by atoms with E-state index < -0.39 is 5.41 Å². The number of ketones is 1. The number of anilines is 6. The standard InChI is InChI=1S/C56H36N2O3/c59-55-44-26-13-15-27-47(44)56(37-17-5-1-6-18-37,38-19-7-2-8-20-38)48-31-29-41(33-46(48)55)58-49-32-30-42(57(39-21-9-3-10-22-39)40-23-11-4-12-24-40)34-53(49)61-54-35-45-43-25-14-16-28-51(43)60-52(45)36-50(54)58/h1-36H. The van der Waals surface area contributed by atoms with Crippen molar-refractivity contribution in [2.75, 3.05) is 9.80 Å². The maximum atomic E-state index is 15.0. The minimum absolute atomic E-state index is 0.00640. The Morgan fingerprint density at radius 1 is 0.426 bits per heavy atom. The summed E-state index contributed by atoms with van der Waals surface area (Å²) in [6.45, 7) is 0. The molecule has 2 heterocycles. The lowest BCUT2D eigenvalue weighted by Crippen LogP contribution is -2.38. The predicted molar refractivity (Wildman–Crippen MR) is 245 cm³/mol. The number of ether oxygens (including phenoxy) is 1. The van der Waals surface area contributed by atoms with Crippen LogP contribution >= 0.6 is 0 Å². The van der Waals surface area contributed by atoms with Crippen molar-refractivity contribution < 1.29 is 13.9 Å². The molecule has 0 unspecified atom stereocenters. The van der Waals surface area contributed by atoms with E-state index in [1.165, 1.54) is 0 Å². The van der Waals surface area contributed by atoms with Gasteiger partial charge in [-0.05, 0) is 82.9 Å². The summed E-state index contributed by atoms with van der Waals surface area (Å²) in [6.07, 6.45) is 0. The van der Waals surface area contributed by atoms with Crippen LogP contribution in [0, 0.1) is 0 Å². The summed E-state index contributed by atoms with van der Waals surface area (Å²) in [5, 5.41) is 1.99. The molecule has 0 saturated heterocycles. The zero-order valence-corrected chi connectivity index (χ0v) is 32.9. The zero-order valence-electron chi connectivity index (χ0n) is 32.9. The third-order valence-corrected chi connectivity index (χ3v) is 12.3. The van der Waals surface area contributed by atoms with Crippen LogP contribution in [-0.2, 0) is 5.41 Å². The van der Waals surface area contributed by atoms with Gasteiger partial charge in [-0.1, -0.05) is 146 Å². The molecule has 5 nitrogen and oxygen atoms in total. The van der Waals surface area contributed by atoms with Crippen LogP contribution < -0.4 is 14.5 Å².